The molecule has 0 saturated carbocycles. The van der Waals surface area contributed by atoms with Crippen molar-refractivity contribution in [3.8, 4) is 46.8 Å². The standard InChI is InChI=1S/C11H8N2O3.C11H10N2O.C8H10N2Si.C7H6N2.C5H3BrN2O2.C5H5IN2/c14-13(15)11-7-6-10(8-12-11)16-9-4-2-1-3-5-9;12-11-7-6-10(8-13-11)14-9-4-2-1-3-5-9;1-11-5-4-7-2-3-8(9)10-6-7;1-2-6-3-4-7(8)9-5-6;6-4-1-2-5(7-3-4)8(9)10;6-4-1-2-5(7)8-3-4/h1-8H;1-8H,(H2,12,13);2-3,6H,11H2,1H3,(H2,9,10);1,3-5H,(H2,8,9);1-3H;1-3H,(H2,7,8). The van der Waals surface area contributed by atoms with Crippen molar-refractivity contribution in [3.63, 3.8) is 0 Å². The van der Waals surface area contributed by atoms with Crippen LogP contribution in [0.2, 0.25) is 6.55 Å². The summed E-state index contributed by atoms with van der Waals surface area (Å²) < 4.78 is 12.8. The van der Waals surface area contributed by atoms with E-state index < -0.39 is 9.85 Å². The lowest BCUT2D eigenvalue weighted by Crippen LogP contribution is -1.91. The fraction of sp³-hybridized carbons (Fsp3) is 0.0213. The van der Waals surface area contributed by atoms with Gasteiger partial charge in [-0.3, -0.25) is 0 Å². The quantitative estimate of drug-likeness (QED) is 0.0397. The molecule has 21 heteroatoms. The summed E-state index contributed by atoms with van der Waals surface area (Å²) in [6.07, 6.45) is 14.4. The van der Waals surface area contributed by atoms with E-state index in [0.29, 0.717) is 40.5 Å². The summed E-state index contributed by atoms with van der Waals surface area (Å²) in [7, 11) is -0.160. The Balaban J connectivity index is 0.000000220. The molecule has 0 saturated heterocycles. The van der Waals surface area contributed by atoms with Crippen molar-refractivity contribution in [3.05, 3.63) is 210 Å². The molecular formula is C47H42BrIN12O6Si. The van der Waals surface area contributed by atoms with E-state index in [-0.39, 0.29) is 21.2 Å². The first-order valence-corrected chi connectivity index (χ1v) is 23.5. The van der Waals surface area contributed by atoms with Crippen LogP contribution in [-0.4, -0.2) is 49.3 Å². The number of ether oxygens (including phenoxy) is 2. The highest BCUT2D eigenvalue weighted by Gasteiger charge is 2.07. The summed E-state index contributed by atoms with van der Waals surface area (Å²) in [5, 5.41) is 20.4. The maximum absolute atomic E-state index is 10.4. The van der Waals surface area contributed by atoms with Crippen LogP contribution in [0.1, 0.15) is 11.1 Å². The molecule has 6 aromatic heterocycles. The van der Waals surface area contributed by atoms with E-state index in [2.05, 4.69) is 92.4 Å². The average molecular weight is 1110 g/mol. The van der Waals surface area contributed by atoms with Gasteiger partial charge in [-0.1, -0.05) is 54.8 Å². The number of anilines is 4. The number of rotatable bonds is 6. The first-order chi connectivity index (χ1) is 32.7. The smallest absolute Gasteiger partial charge is 0.363 e. The van der Waals surface area contributed by atoms with E-state index in [1.54, 1.807) is 79.4 Å². The number of terminal acetylenes is 1. The van der Waals surface area contributed by atoms with Gasteiger partial charge >= 0.3 is 11.6 Å². The zero-order valence-corrected chi connectivity index (χ0v) is 41.2. The molecule has 0 aliphatic heterocycles. The van der Waals surface area contributed by atoms with Gasteiger partial charge in [-0.2, -0.15) is 0 Å². The molecule has 0 unspecified atom stereocenters. The van der Waals surface area contributed by atoms with Crippen molar-refractivity contribution in [1.82, 2.24) is 29.9 Å². The van der Waals surface area contributed by atoms with E-state index in [0.717, 1.165) is 24.9 Å². The predicted molar refractivity (Wildman–Crippen MR) is 279 cm³/mol. The topological polar surface area (TPSA) is 286 Å². The van der Waals surface area contributed by atoms with Gasteiger partial charge in [0.15, 0.2) is 18.1 Å². The maximum Gasteiger partial charge on any atom is 0.363 e. The van der Waals surface area contributed by atoms with E-state index in [9.17, 15) is 20.2 Å². The number of para-hydroxylation sites is 2. The molecule has 0 aliphatic carbocycles. The van der Waals surface area contributed by atoms with E-state index in [1.807, 2.05) is 60.7 Å². The molecule has 18 nitrogen and oxygen atoms in total. The monoisotopic (exact) mass is 1100 g/mol. The Hall–Kier alpha value is -8.51. The number of nitro groups is 2. The van der Waals surface area contributed by atoms with E-state index in [4.69, 9.17) is 38.8 Å². The highest BCUT2D eigenvalue weighted by Crippen LogP contribution is 2.22. The van der Waals surface area contributed by atoms with Crippen molar-refractivity contribution in [1.29, 1.82) is 0 Å². The number of nitrogens with zero attached hydrogens (tertiary/aromatic N) is 8. The van der Waals surface area contributed by atoms with Crippen LogP contribution in [0.15, 0.2) is 175 Å². The molecule has 0 atom stereocenters. The van der Waals surface area contributed by atoms with Gasteiger partial charge in [0.1, 0.15) is 50.0 Å². The Bertz CT molecular complexity index is 2810. The number of aromatic nitrogens is 6. The number of nitrogen functional groups attached to an aromatic ring is 4. The Morgan fingerprint density at radius 2 is 0.971 bits per heavy atom. The van der Waals surface area contributed by atoms with Crippen LogP contribution < -0.4 is 32.4 Å². The van der Waals surface area contributed by atoms with Crippen LogP contribution in [0.4, 0.5) is 34.9 Å². The van der Waals surface area contributed by atoms with Gasteiger partial charge in [0, 0.05) is 45.4 Å². The van der Waals surface area contributed by atoms with Crippen LogP contribution in [-0.2, 0) is 0 Å². The number of hydrogen-bond donors (Lipinski definition) is 4. The van der Waals surface area contributed by atoms with Crippen LogP contribution in [0, 0.1) is 47.6 Å². The second-order valence-corrected chi connectivity index (χ2v) is 15.8. The van der Waals surface area contributed by atoms with Gasteiger partial charge in [0.05, 0.1) is 10.7 Å². The zero-order valence-electron chi connectivity index (χ0n) is 36.0. The average Bonchev–Trinajstić information content (AvgIpc) is 3.35. The Labute approximate surface area is 416 Å². The largest absolute Gasteiger partial charge is 0.456 e. The number of benzene rings is 2. The SMILES string of the molecule is C#Cc1ccc(N)nc1.C[SiH2]C#Cc1ccc(N)nc1.Nc1ccc(I)cn1.Nc1ccc(Oc2ccccc2)cn1.O=[N+]([O-])c1ccc(Br)cn1.O=[N+]([O-])c1ccc(Oc2ccccc2)cn1. The molecule has 0 radical (unpaired) electrons. The first-order valence-electron chi connectivity index (χ1n) is 19.5. The summed E-state index contributed by atoms with van der Waals surface area (Å²) in [4.78, 5) is 42.0. The molecule has 0 amide bonds. The Morgan fingerprint density at radius 1 is 0.544 bits per heavy atom. The number of hydrogen-bond acceptors (Lipinski definition) is 16. The van der Waals surface area contributed by atoms with Gasteiger partial charge in [-0.05, 0) is 143 Å². The second kappa shape index (κ2) is 30.6. The lowest BCUT2D eigenvalue weighted by atomic mass is 10.3. The minimum atomic E-state index is -0.549. The van der Waals surface area contributed by atoms with Gasteiger partial charge in [-0.25, -0.2) is 19.9 Å². The van der Waals surface area contributed by atoms with Crippen molar-refractivity contribution >= 4 is 82.9 Å². The minimum absolute atomic E-state index is 0.136. The number of pyridine rings is 6. The summed E-state index contributed by atoms with van der Waals surface area (Å²) in [6.45, 7) is 2.15. The summed E-state index contributed by atoms with van der Waals surface area (Å²) >= 11 is 5.29. The third-order valence-electron chi connectivity index (χ3n) is 7.42. The summed E-state index contributed by atoms with van der Waals surface area (Å²) in [5.41, 5.74) is 26.3. The molecule has 0 fully saturated rings. The summed E-state index contributed by atoms with van der Waals surface area (Å²) in [6, 6.07) is 38.7. The van der Waals surface area contributed by atoms with Crippen LogP contribution in [0.3, 0.4) is 0 Å². The number of halogens is 2. The fourth-order valence-corrected chi connectivity index (χ4v) is 5.20. The van der Waals surface area contributed by atoms with Gasteiger partial charge < -0.3 is 52.6 Å². The third-order valence-corrected chi connectivity index (χ3v) is 9.06. The van der Waals surface area contributed by atoms with Gasteiger partial charge in [0.25, 0.3) is 0 Å². The molecule has 0 bridgehead atoms. The number of nitrogens with two attached hydrogens (primary N) is 4. The molecule has 68 heavy (non-hydrogen) atoms. The molecule has 8 N–H and O–H groups in total. The van der Waals surface area contributed by atoms with Gasteiger partial charge in [-0.15, -0.1) is 12.0 Å². The van der Waals surface area contributed by atoms with Gasteiger partial charge in [0.2, 0.25) is 0 Å². The lowest BCUT2D eigenvalue weighted by Gasteiger charge is -2.04. The van der Waals surface area contributed by atoms with Crippen molar-refractivity contribution in [2.45, 2.75) is 6.55 Å². The van der Waals surface area contributed by atoms with Crippen LogP contribution in [0.25, 0.3) is 0 Å². The van der Waals surface area contributed by atoms with Crippen molar-refractivity contribution in [2.75, 3.05) is 22.9 Å². The van der Waals surface area contributed by atoms with E-state index >= 15 is 0 Å². The fourth-order valence-electron chi connectivity index (χ4n) is 4.27. The highest BCUT2D eigenvalue weighted by atomic mass is 127. The van der Waals surface area contributed by atoms with Crippen LogP contribution >= 0.6 is 38.5 Å². The minimum Gasteiger partial charge on any atom is -0.456 e. The van der Waals surface area contributed by atoms with E-state index in [1.165, 1.54) is 30.6 Å². The Kier molecular flexibility index (Phi) is 24.2. The molecule has 6 heterocycles. The normalized spacial score (nSPS) is 9.38. The summed E-state index contributed by atoms with van der Waals surface area (Å²) in [5.74, 6) is 9.84. The second-order valence-electron chi connectivity index (χ2n) is 12.6. The molecule has 0 spiro atoms. The molecule has 0 aliphatic rings. The molecule has 344 valence electrons. The molecule has 2 aromatic carbocycles. The zero-order chi connectivity index (χ0) is 49.5. The predicted octanol–water partition coefficient (Wildman–Crippen LogP) is 9.09. The van der Waals surface area contributed by atoms with Crippen LogP contribution in [0.5, 0.6) is 23.0 Å². The Morgan fingerprint density at radius 3 is 1.32 bits per heavy atom. The lowest BCUT2D eigenvalue weighted by molar-refractivity contribution is -0.389. The van der Waals surface area contributed by atoms with Crippen molar-refractivity contribution in [2.24, 2.45) is 0 Å². The molecule has 8 rings (SSSR count). The first kappa shape index (κ1) is 53.8. The highest BCUT2D eigenvalue weighted by molar-refractivity contribution is 14.1. The molecule has 8 aromatic rings. The molecular weight excluding hydrogens is 1060 g/mol. The third kappa shape index (κ3) is 22.9. The van der Waals surface area contributed by atoms with Crippen molar-refractivity contribution < 1.29 is 19.3 Å². The maximum atomic E-state index is 10.4.